The van der Waals surface area contributed by atoms with E-state index in [0.29, 0.717) is 12.1 Å². The molecule has 0 saturated heterocycles. The molecule has 0 fully saturated rings. The largest absolute Gasteiger partial charge is 0.390 e. The summed E-state index contributed by atoms with van der Waals surface area (Å²) in [5.74, 6) is -0.475. The summed E-state index contributed by atoms with van der Waals surface area (Å²) in [6, 6.07) is 8.50. The van der Waals surface area contributed by atoms with Crippen LogP contribution in [0.5, 0.6) is 0 Å². The molecule has 1 amide bonds. The number of aliphatic hydroxyl groups is 1. The van der Waals surface area contributed by atoms with Gasteiger partial charge in [0.05, 0.1) is 12.1 Å². The number of rotatable bonds is 2. The molecule has 1 aromatic heterocycles. The number of aryl methyl sites for hydroxylation is 1. The van der Waals surface area contributed by atoms with Crippen LogP contribution in [-0.2, 0) is 6.42 Å². The molecule has 1 aliphatic carbocycles. The molecule has 1 heterocycles. The van der Waals surface area contributed by atoms with Crippen molar-refractivity contribution in [1.82, 2.24) is 10.3 Å². The zero-order valence-electron chi connectivity index (χ0n) is 11.6. The molecule has 5 nitrogen and oxygen atoms in total. The summed E-state index contributed by atoms with van der Waals surface area (Å²) in [6.45, 7) is 1.75. The van der Waals surface area contributed by atoms with Gasteiger partial charge in [0.1, 0.15) is 5.56 Å². The Morgan fingerprint density at radius 2 is 2.14 bits per heavy atom. The van der Waals surface area contributed by atoms with E-state index in [4.69, 9.17) is 0 Å². The van der Waals surface area contributed by atoms with Gasteiger partial charge in [-0.2, -0.15) is 0 Å². The number of aromatic amines is 1. The Morgan fingerprint density at radius 1 is 1.38 bits per heavy atom. The van der Waals surface area contributed by atoms with Gasteiger partial charge in [-0.05, 0) is 18.1 Å². The number of H-pyrrole nitrogens is 1. The number of nitrogens with one attached hydrogen (secondary N) is 2. The highest BCUT2D eigenvalue weighted by Gasteiger charge is 2.32. The van der Waals surface area contributed by atoms with Crippen LogP contribution < -0.4 is 10.7 Å². The van der Waals surface area contributed by atoms with Gasteiger partial charge in [0, 0.05) is 24.4 Å². The second-order valence-electron chi connectivity index (χ2n) is 5.32. The Morgan fingerprint density at radius 3 is 2.90 bits per heavy atom. The van der Waals surface area contributed by atoms with E-state index in [-0.39, 0.29) is 11.0 Å². The second kappa shape index (κ2) is 5.18. The highest BCUT2D eigenvalue weighted by Crippen LogP contribution is 2.31. The minimum atomic E-state index is -0.670. The molecular formula is C16H16N2O3. The fourth-order valence-electron chi connectivity index (χ4n) is 2.72. The van der Waals surface area contributed by atoms with Crippen molar-refractivity contribution in [2.24, 2.45) is 0 Å². The molecule has 0 radical (unpaired) electrons. The van der Waals surface area contributed by atoms with Gasteiger partial charge in [-0.15, -0.1) is 0 Å². The summed E-state index contributed by atoms with van der Waals surface area (Å²) in [7, 11) is 0. The number of amides is 1. The van der Waals surface area contributed by atoms with Crippen molar-refractivity contribution in [3.05, 3.63) is 69.1 Å². The van der Waals surface area contributed by atoms with Crippen LogP contribution in [0.4, 0.5) is 0 Å². The van der Waals surface area contributed by atoms with E-state index in [1.165, 1.54) is 12.3 Å². The van der Waals surface area contributed by atoms with Gasteiger partial charge in [0.25, 0.3) is 5.91 Å². The lowest BCUT2D eigenvalue weighted by molar-refractivity contribution is 0.0857. The van der Waals surface area contributed by atoms with Crippen LogP contribution in [0.15, 0.2) is 41.3 Å². The smallest absolute Gasteiger partial charge is 0.257 e. The molecule has 3 rings (SSSR count). The maximum atomic E-state index is 12.2. The van der Waals surface area contributed by atoms with Crippen LogP contribution in [0.2, 0.25) is 0 Å². The van der Waals surface area contributed by atoms with E-state index in [1.807, 2.05) is 24.3 Å². The molecule has 2 atom stereocenters. The Balaban J connectivity index is 1.87. The molecule has 2 unspecified atom stereocenters. The summed E-state index contributed by atoms with van der Waals surface area (Å²) in [6.07, 6.45) is 1.24. The number of hydrogen-bond acceptors (Lipinski definition) is 3. The highest BCUT2D eigenvalue weighted by molar-refractivity contribution is 5.94. The first-order valence-corrected chi connectivity index (χ1v) is 6.82. The summed E-state index contributed by atoms with van der Waals surface area (Å²) in [4.78, 5) is 26.9. The van der Waals surface area contributed by atoms with E-state index in [0.717, 1.165) is 11.1 Å². The number of carbonyl (C=O) groups is 1. The minimum Gasteiger partial charge on any atom is -0.390 e. The van der Waals surface area contributed by atoms with Crippen molar-refractivity contribution in [2.45, 2.75) is 25.5 Å². The van der Waals surface area contributed by atoms with Gasteiger partial charge in [-0.1, -0.05) is 24.3 Å². The molecule has 0 spiro atoms. The van der Waals surface area contributed by atoms with Crippen LogP contribution >= 0.6 is 0 Å². The third-order valence-electron chi connectivity index (χ3n) is 3.79. The van der Waals surface area contributed by atoms with Gasteiger partial charge in [0.2, 0.25) is 0 Å². The van der Waals surface area contributed by atoms with Gasteiger partial charge in [-0.25, -0.2) is 0 Å². The minimum absolute atomic E-state index is 0.0529. The Hall–Kier alpha value is -2.40. The fourth-order valence-corrected chi connectivity index (χ4v) is 2.72. The predicted octanol–water partition coefficient (Wildman–Crippen LogP) is 1.07. The van der Waals surface area contributed by atoms with Crippen molar-refractivity contribution in [1.29, 1.82) is 0 Å². The SMILES string of the molecule is Cc1cc(=O)c(C(=O)NC2c3ccccc3CC2O)c[nH]1. The van der Waals surface area contributed by atoms with Crippen LogP contribution in [0.1, 0.15) is 33.2 Å². The van der Waals surface area contributed by atoms with Crippen molar-refractivity contribution < 1.29 is 9.90 Å². The lowest BCUT2D eigenvalue weighted by Crippen LogP contribution is -2.36. The van der Waals surface area contributed by atoms with E-state index in [9.17, 15) is 14.7 Å². The normalized spacial score (nSPS) is 20.1. The van der Waals surface area contributed by atoms with Crippen LogP contribution in [0.25, 0.3) is 0 Å². The van der Waals surface area contributed by atoms with E-state index in [1.54, 1.807) is 6.92 Å². The highest BCUT2D eigenvalue weighted by atomic mass is 16.3. The fraction of sp³-hybridized carbons (Fsp3) is 0.250. The zero-order valence-corrected chi connectivity index (χ0v) is 11.6. The summed E-state index contributed by atoms with van der Waals surface area (Å²) >= 11 is 0. The summed E-state index contributed by atoms with van der Waals surface area (Å²) < 4.78 is 0. The first-order valence-electron chi connectivity index (χ1n) is 6.82. The van der Waals surface area contributed by atoms with Crippen molar-refractivity contribution in [2.75, 3.05) is 0 Å². The first kappa shape index (κ1) is 13.6. The topological polar surface area (TPSA) is 82.2 Å². The molecule has 2 aromatic rings. The lowest BCUT2D eigenvalue weighted by Gasteiger charge is -2.17. The number of aromatic nitrogens is 1. The van der Waals surface area contributed by atoms with Crippen LogP contribution in [0.3, 0.4) is 0 Å². The van der Waals surface area contributed by atoms with Gasteiger partial charge in [0.15, 0.2) is 5.43 Å². The molecule has 0 aliphatic heterocycles. The predicted molar refractivity (Wildman–Crippen MR) is 78.2 cm³/mol. The molecule has 0 bridgehead atoms. The number of benzene rings is 1. The zero-order chi connectivity index (χ0) is 15.0. The number of carbonyl (C=O) groups excluding carboxylic acids is 1. The third kappa shape index (κ3) is 2.48. The maximum Gasteiger partial charge on any atom is 0.257 e. The second-order valence-corrected chi connectivity index (χ2v) is 5.32. The number of hydrogen-bond donors (Lipinski definition) is 3. The van der Waals surface area contributed by atoms with Gasteiger partial charge >= 0.3 is 0 Å². The number of aliphatic hydroxyl groups excluding tert-OH is 1. The number of pyridine rings is 1. The average Bonchev–Trinajstić information content (AvgIpc) is 2.75. The number of fused-ring (bicyclic) bond motifs is 1. The Kier molecular flexibility index (Phi) is 3.35. The molecule has 1 aromatic carbocycles. The first-order chi connectivity index (χ1) is 10.1. The van der Waals surface area contributed by atoms with Crippen molar-refractivity contribution in [3.63, 3.8) is 0 Å². The van der Waals surface area contributed by atoms with Crippen molar-refractivity contribution in [3.8, 4) is 0 Å². The van der Waals surface area contributed by atoms with Gasteiger partial charge in [-0.3, -0.25) is 9.59 Å². The third-order valence-corrected chi connectivity index (χ3v) is 3.79. The maximum absolute atomic E-state index is 12.2. The van der Waals surface area contributed by atoms with Gasteiger partial charge < -0.3 is 15.4 Å². The van der Waals surface area contributed by atoms with E-state index >= 15 is 0 Å². The van der Waals surface area contributed by atoms with E-state index in [2.05, 4.69) is 10.3 Å². The molecule has 0 saturated carbocycles. The molecule has 3 N–H and O–H groups in total. The quantitative estimate of drug-likeness (QED) is 0.771. The van der Waals surface area contributed by atoms with Crippen molar-refractivity contribution >= 4 is 5.91 Å². The average molecular weight is 284 g/mol. The van der Waals surface area contributed by atoms with E-state index < -0.39 is 18.1 Å². The molecular weight excluding hydrogens is 268 g/mol. The standard InChI is InChI=1S/C16H16N2O3/c1-9-6-13(19)12(8-17-9)16(21)18-15-11-5-3-2-4-10(11)7-14(15)20/h2-6,8,14-15,20H,7H2,1H3,(H,17,19)(H,18,21). The lowest BCUT2D eigenvalue weighted by atomic mass is 10.1. The monoisotopic (exact) mass is 284 g/mol. The Bertz CT molecular complexity index is 751. The molecule has 1 aliphatic rings. The van der Waals surface area contributed by atoms with Crippen LogP contribution in [0, 0.1) is 6.92 Å². The Labute approximate surface area is 121 Å². The molecule has 108 valence electrons. The summed E-state index contributed by atoms with van der Waals surface area (Å²) in [5.41, 5.74) is 2.35. The molecule has 5 heteroatoms. The molecule has 21 heavy (non-hydrogen) atoms. The summed E-state index contributed by atoms with van der Waals surface area (Å²) in [5, 5.41) is 12.9. The van der Waals surface area contributed by atoms with Crippen LogP contribution in [-0.4, -0.2) is 22.1 Å².